The molecule has 0 aliphatic carbocycles. The molecule has 0 saturated carbocycles. The van der Waals surface area contributed by atoms with Gasteiger partial charge < -0.3 is 14.2 Å². The maximum absolute atomic E-state index is 13.4. The van der Waals surface area contributed by atoms with E-state index in [4.69, 9.17) is 9.26 Å². The molecule has 0 fully saturated rings. The largest absolute Gasteiger partial charge is 0.489 e. The molecule has 4 rings (SSSR count). The lowest BCUT2D eigenvalue weighted by atomic mass is 10.1. The van der Waals surface area contributed by atoms with E-state index in [1.807, 2.05) is 73.0 Å². The molecular weight excluding hydrogens is 384 g/mol. The van der Waals surface area contributed by atoms with E-state index < -0.39 is 0 Å². The second-order valence-electron chi connectivity index (χ2n) is 7.26. The Labute approximate surface area is 175 Å². The maximum Gasteiger partial charge on any atom is 0.258 e. The van der Waals surface area contributed by atoms with E-state index in [1.165, 1.54) is 0 Å². The van der Waals surface area contributed by atoms with Crippen molar-refractivity contribution < 1.29 is 14.1 Å². The lowest BCUT2D eigenvalue weighted by Crippen LogP contribution is -2.32. The van der Waals surface area contributed by atoms with Gasteiger partial charge in [-0.1, -0.05) is 30.3 Å². The summed E-state index contributed by atoms with van der Waals surface area (Å²) < 4.78 is 11.1. The first-order valence-corrected chi connectivity index (χ1v) is 10.6. The van der Waals surface area contributed by atoms with Crippen LogP contribution in [0.25, 0.3) is 0 Å². The van der Waals surface area contributed by atoms with Gasteiger partial charge in [0.1, 0.15) is 18.1 Å². The molecule has 0 bridgehead atoms. The highest BCUT2D eigenvalue weighted by atomic mass is 32.2. The molecule has 0 N–H and O–H groups in total. The molecule has 29 heavy (non-hydrogen) atoms. The van der Waals surface area contributed by atoms with Crippen molar-refractivity contribution in [3.63, 3.8) is 0 Å². The summed E-state index contributed by atoms with van der Waals surface area (Å²) in [6, 6.07) is 15.5. The fraction of sp³-hybridized carbons (Fsp3) is 0.304. The number of para-hydroxylation sites is 1. The normalized spacial score (nSPS) is 16.2. The Hall–Kier alpha value is -2.73. The van der Waals surface area contributed by atoms with Gasteiger partial charge >= 0.3 is 0 Å². The summed E-state index contributed by atoms with van der Waals surface area (Å²) in [7, 11) is 0. The van der Waals surface area contributed by atoms with Crippen molar-refractivity contribution in [1.29, 1.82) is 0 Å². The zero-order valence-corrected chi connectivity index (χ0v) is 17.7. The third kappa shape index (κ3) is 4.17. The summed E-state index contributed by atoms with van der Waals surface area (Å²) in [5.41, 5.74) is 3.36. The number of amides is 1. The van der Waals surface area contributed by atoms with Gasteiger partial charge in [0.15, 0.2) is 0 Å². The Bertz CT molecular complexity index is 1010. The van der Waals surface area contributed by atoms with E-state index in [9.17, 15) is 4.79 Å². The molecule has 0 radical (unpaired) electrons. The smallest absolute Gasteiger partial charge is 0.258 e. The lowest BCUT2D eigenvalue weighted by molar-refractivity contribution is 0.0986. The zero-order chi connectivity index (χ0) is 20.4. The number of carbonyl (C=O) groups is 1. The minimum atomic E-state index is -0.00469. The predicted molar refractivity (Wildman–Crippen MR) is 115 cm³/mol. The molecule has 2 aromatic carbocycles. The molecule has 0 saturated heterocycles. The minimum absolute atomic E-state index is 0.00469. The SMILES string of the molecule is Cc1noc(C)c1COc1cccc(C(=O)N2CC[C@H](C)Sc3ccccc32)c1. The first kappa shape index (κ1) is 19.6. The van der Waals surface area contributed by atoms with Crippen molar-refractivity contribution in [3.8, 4) is 5.75 Å². The second kappa shape index (κ2) is 8.33. The van der Waals surface area contributed by atoms with Crippen LogP contribution in [-0.2, 0) is 6.61 Å². The number of benzene rings is 2. The van der Waals surface area contributed by atoms with Crippen molar-refractivity contribution in [2.45, 2.75) is 43.9 Å². The van der Waals surface area contributed by atoms with Gasteiger partial charge in [-0.15, -0.1) is 11.8 Å². The number of aryl methyl sites for hydroxylation is 2. The molecule has 150 valence electrons. The summed E-state index contributed by atoms with van der Waals surface area (Å²) in [5.74, 6) is 1.40. The maximum atomic E-state index is 13.4. The van der Waals surface area contributed by atoms with Crippen LogP contribution in [0, 0.1) is 13.8 Å². The molecule has 1 aliphatic rings. The van der Waals surface area contributed by atoms with Gasteiger partial charge in [0.25, 0.3) is 5.91 Å². The van der Waals surface area contributed by atoms with Crippen LogP contribution in [0.2, 0.25) is 0 Å². The number of anilines is 1. The first-order valence-electron chi connectivity index (χ1n) is 9.75. The number of hydrogen-bond acceptors (Lipinski definition) is 5. The lowest BCUT2D eigenvalue weighted by Gasteiger charge is -2.22. The quantitative estimate of drug-likeness (QED) is 0.578. The molecule has 1 aromatic heterocycles. The minimum Gasteiger partial charge on any atom is -0.489 e. The highest BCUT2D eigenvalue weighted by Crippen LogP contribution is 2.38. The topological polar surface area (TPSA) is 55.6 Å². The summed E-state index contributed by atoms with van der Waals surface area (Å²) in [4.78, 5) is 16.4. The average Bonchev–Trinajstić information content (AvgIpc) is 2.94. The van der Waals surface area contributed by atoms with E-state index in [0.29, 0.717) is 29.7 Å². The predicted octanol–water partition coefficient (Wildman–Crippen LogP) is 5.40. The number of nitrogens with zero attached hydrogens (tertiary/aromatic N) is 2. The molecule has 5 nitrogen and oxygen atoms in total. The number of fused-ring (bicyclic) bond motifs is 1. The summed E-state index contributed by atoms with van der Waals surface area (Å²) in [5, 5.41) is 4.42. The van der Waals surface area contributed by atoms with Crippen LogP contribution < -0.4 is 9.64 Å². The van der Waals surface area contributed by atoms with Crippen molar-refractivity contribution in [1.82, 2.24) is 5.16 Å². The number of aromatic nitrogens is 1. The van der Waals surface area contributed by atoms with E-state index >= 15 is 0 Å². The van der Waals surface area contributed by atoms with Gasteiger partial charge in [-0.2, -0.15) is 0 Å². The Kier molecular flexibility index (Phi) is 5.62. The van der Waals surface area contributed by atoms with Gasteiger partial charge in [0.05, 0.1) is 16.9 Å². The van der Waals surface area contributed by atoms with Gasteiger partial charge in [0, 0.05) is 22.3 Å². The number of thioether (sulfide) groups is 1. The highest BCUT2D eigenvalue weighted by molar-refractivity contribution is 8.00. The van der Waals surface area contributed by atoms with Crippen molar-refractivity contribution >= 4 is 23.4 Å². The Morgan fingerprint density at radius 2 is 2.07 bits per heavy atom. The van der Waals surface area contributed by atoms with Gasteiger partial charge in [-0.05, 0) is 50.6 Å². The molecule has 0 spiro atoms. The van der Waals surface area contributed by atoms with Gasteiger partial charge in [0.2, 0.25) is 0 Å². The van der Waals surface area contributed by atoms with E-state index in [-0.39, 0.29) is 5.91 Å². The van der Waals surface area contributed by atoms with Crippen LogP contribution in [0.3, 0.4) is 0 Å². The summed E-state index contributed by atoms with van der Waals surface area (Å²) >= 11 is 1.83. The van der Waals surface area contributed by atoms with Crippen molar-refractivity contribution in [2.75, 3.05) is 11.4 Å². The number of hydrogen-bond donors (Lipinski definition) is 0. The molecule has 0 unspecified atom stereocenters. The fourth-order valence-electron chi connectivity index (χ4n) is 3.44. The molecular formula is C23H24N2O3S. The summed E-state index contributed by atoms with van der Waals surface area (Å²) in [6.07, 6.45) is 0.952. The summed E-state index contributed by atoms with van der Waals surface area (Å²) in [6.45, 7) is 7.03. The van der Waals surface area contributed by atoms with E-state index in [2.05, 4.69) is 18.1 Å². The first-order chi connectivity index (χ1) is 14.0. The third-order valence-corrected chi connectivity index (χ3v) is 6.37. The molecule has 2 heterocycles. The molecule has 1 amide bonds. The third-order valence-electron chi connectivity index (χ3n) is 5.13. The Balaban J connectivity index is 1.56. The Morgan fingerprint density at radius 1 is 1.24 bits per heavy atom. The standard InChI is InChI=1S/C23H24N2O3S/c1-15-11-12-25(21-9-4-5-10-22(21)29-15)23(26)18-7-6-8-19(13-18)27-14-20-16(2)24-28-17(20)3/h4-10,13,15H,11-12,14H2,1-3H3/t15-/m0/s1. The van der Waals surface area contributed by atoms with Gasteiger partial charge in [-0.3, -0.25) is 4.79 Å². The fourth-order valence-corrected chi connectivity index (χ4v) is 4.55. The average molecular weight is 409 g/mol. The Morgan fingerprint density at radius 3 is 2.86 bits per heavy atom. The number of rotatable bonds is 4. The van der Waals surface area contributed by atoms with Crippen LogP contribution >= 0.6 is 11.8 Å². The highest BCUT2D eigenvalue weighted by Gasteiger charge is 2.25. The molecule has 1 aliphatic heterocycles. The van der Waals surface area contributed by atoms with Crippen molar-refractivity contribution in [3.05, 3.63) is 71.1 Å². The number of ether oxygens (including phenoxy) is 1. The van der Waals surface area contributed by atoms with E-state index in [0.717, 1.165) is 34.0 Å². The second-order valence-corrected chi connectivity index (χ2v) is 8.74. The van der Waals surface area contributed by atoms with Crippen LogP contribution in [0.5, 0.6) is 5.75 Å². The molecule has 6 heteroatoms. The molecule has 3 aromatic rings. The van der Waals surface area contributed by atoms with Crippen LogP contribution in [0.15, 0.2) is 57.9 Å². The monoisotopic (exact) mass is 408 g/mol. The van der Waals surface area contributed by atoms with Crippen LogP contribution in [0.4, 0.5) is 5.69 Å². The van der Waals surface area contributed by atoms with E-state index in [1.54, 1.807) is 0 Å². The van der Waals surface area contributed by atoms with Crippen molar-refractivity contribution in [2.24, 2.45) is 0 Å². The van der Waals surface area contributed by atoms with Crippen LogP contribution in [-0.4, -0.2) is 22.9 Å². The zero-order valence-electron chi connectivity index (χ0n) is 16.8. The molecule has 1 atom stereocenters. The number of carbonyl (C=O) groups excluding carboxylic acids is 1. The van der Waals surface area contributed by atoms with Crippen LogP contribution in [0.1, 0.15) is 40.7 Å². The van der Waals surface area contributed by atoms with Gasteiger partial charge in [-0.25, -0.2) is 0 Å².